The molecule has 0 saturated carbocycles. The molecule has 2 rings (SSSR count). The number of nitrogens with two attached hydrogens (primary N) is 1. The largest absolute Gasteiger partial charge is 0.493 e. The van der Waals surface area contributed by atoms with Crippen LogP contribution in [-0.2, 0) is 17.6 Å². The Balaban J connectivity index is 2.01. The molecular formula is C15H20BrNO2. The Kier molecular flexibility index (Phi) is 4.99. The molecule has 4 heteroatoms. The SMILES string of the molecule is CC(CN)CCC(=O)Cc1cc(Br)cc2c1OCC2. The van der Waals surface area contributed by atoms with Crippen LogP contribution in [0.1, 0.15) is 30.9 Å². The Morgan fingerprint density at radius 1 is 1.53 bits per heavy atom. The van der Waals surface area contributed by atoms with Crippen LogP contribution >= 0.6 is 15.9 Å². The fourth-order valence-electron chi connectivity index (χ4n) is 2.30. The van der Waals surface area contributed by atoms with Gasteiger partial charge >= 0.3 is 0 Å². The van der Waals surface area contributed by atoms with Crippen molar-refractivity contribution < 1.29 is 9.53 Å². The summed E-state index contributed by atoms with van der Waals surface area (Å²) in [5, 5.41) is 0. The first-order chi connectivity index (χ1) is 9.10. The molecule has 1 aliphatic rings. The number of carbonyl (C=O) groups excluding carboxylic acids is 1. The fourth-order valence-corrected chi connectivity index (χ4v) is 2.86. The Morgan fingerprint density at radius 2 is 2.32 bits per heavy atom. The lowest BCUT2D eigenvalue weighted by Crippen LogP contribution is -2.13. The third kappa shape index (κ3) is 3.80. The topological polar surface area (TPSA) is 52.3 Å². The van der Waals surface area contributed by atoms with Gasteiger partial charge in [-0.2, -0.15) is 0 Å². The van der Waals surface area contributed by atoms with Crippen molar-refractivity contribution in [3.8, 4) is 5.75 Å². The summed E-state index contributed by atoms with van der Waals surface area (Å²) >= 11 is 3.50. The molecule has 19 heavy (non-hydrogen) atoms. The van der Waals surface area contributed by atoms with Gasteiger partial charge in [-0.1, -0.05) is 22.9 Å². The highest BCUT2D eigenvalue weighted by Gasteiger charge is 2.19. The van der Waals surface area contributed by atoms with Crippen molar-refractivity contribution in [3.63, 3.8) is 0 Å². The molecule has 1 heterocycles. The number of ketones is 1. The maximum Gasteiger partial charge on any atom is 0.137 e. The van der Waals surface area contributed by atoms with E-state index >= 15 is 0 Å². The summed E-state index contributed by atoms with van der Waals surface area (Å²) in [6, 6.07) is 4.07. The number of fused-ring (bicyclic) bond motifs is 1. The molecule has 0 saturated heterocycles. The maximum atomic E-state index is 12.0. The van der Waals surface area contributed by atoms with E-state index < -0.39 is 0 Å². The van der Waals surface area contributed by atoms with Gasteiger partial charge in [0, 0.05) is 29.3 Å². The van der Waals surface area contributed by atoms with Gasteiger partial charge in [-0.25, -0.2) is 0 Å². The summed E-state index contributed by atoms with van der Waals surface area (Å²) in [4.78, 5) is 12.0. The number of benzene rings is 1. The molecule has 1 aromatic rings. The van der Waals surface area contributed by atoms with Gasteiger partial charge in [-0.05, 0) is 36.6 Å². The minimum Gasteiger partial charge on any atom is -0.493 e. The minimum absolute atomic E-state index is 0.260. The number of halogens is 1. The standard InChI is InChI=1S/C15H20BrNO2/c1-10(9-17)2-3-14(18)8-12-7-13(16)6-11-4-5-19-15(11)12/h6-7,10H,2-5,8-9,17H2,1H3. The van der Waals surface area contributed by atoms with Gasteiger partial charge in [0.05, 0.1) is 6.61 Å². The maximum absolute atomic E-state index is 12.0. The van der Waals surface area contributed by atoms with E-state index in [1.165, 1.54) is 5.56 Å². The number of carbonyl (C=O) groups is 1. The van der Waals surface area contributed by atoms with Crippen LogP contribution in [0, 0.1) is 5.92 Å². The van der Waals surface area contributed by atoms with Crippen LogP contribution in [-0.4, -0.2) is 18.9 Å². The van der Waals surface area contributed by atoms with Crippen LogP contribution in [0.25, 0.3) is 0 Å². The van der Waals surface area contributed by atoms with E-state index in [-0.39, 0.29) is 5.78 Å². The molecule has 1 aromatic carbocycles. The first-order valence-electron chi connectivity index (χ1n) is 6.76. The molecule has 0 amide bonds. The Morgan fingerprint density at radius 3 is 3.05 bits per heavy atom. The zero-order valence-electron chi connectivity index (χ0n) is 11.2. The molecule has 104 valence electrons. The van der Waals surface area contributed by atoms with Gasteiger partial charge < -0.3 is 10.5 Å². The van der Waals surface area contributed by atoms with Gasteiger partial charge in [-0.15, -0.1) is 0 Å². The summed E-state index contributed by atoms with van der Waals surface area (Å²) in [5.74, 6) is 1.59. The quantitative estimate of drug-likeness (QED) is 0.874. The van der Waals surface area contributed by atoms with Crippen LogP contribution in [0.15, 0.2) is 16.6 Å². The van der Waals surface area contributed by atoms with Gasteiger partial charge in [0.2, 0.25) is 0 Å². The number of ether oxygens (including phenoxy) is 1. The van der Waals surface area contributed by atoms with Crippen LogP contribution < -0.4 is 10.5 Å². The Labute approximate surface area is 122 Å². The molecule has 2 N–H and O–H groups in total. The monoisotopic (exact) mass is 325 g/mol. The molecule has 0 aromatic heterocycles. The van der Waals surface area contributed by atoms with E-state index in [4.69, 9.17) is 10.5 Å². The lowest BCUT2D eigenvalue weighted by atomic mass is 9.98. The van der Waals surface area contributed by atoms with Gasteiger partial charge in [0.1, 0.15) is 11.5 Å². The zero-order valence-corrected chi connectivity index (χ0v) is 12.8. The average molecular weight is 326 g/mol. The third-order valence-corrected chi connectivity index (χ3v) is 3.99. The molecular weight excluding hydrogens is 306 g/mol. The number of rotatable bonds is 6. The highest BCUT2D eigenvalue weighted by molar-refractivity contribution is 9.10. The summed E-state index contributed by atoms with van der Waals surface area (Å²) in [7, 11) is 0. The predicted octanol–water partition coefficient (Wildman–Crippen LogP) is 2.87. The molecule has 3 nitrogen and oxygen atoms in total. The smallest absolute Gasteiger partial charge is 0.137 e. The molecule has 0 spiro atoms. The summed E-state index contributed by atoms with van der Waals surface area (Å²) in [5.41, 5.74) is 7.78. The summed E-state index contributed by atoms with van der Waals surface area (Å²) in [6.07, 6.45) is 2.85. The predicted molar refractivity (Wildman–Crippen MR) is 79.5 cm³/mol. The second-order valence-electron chi connectivity index (χ2n) is 5.25. The van der Waals surface area contributed by atoms with Crippen molar-refractivity contribution in [1.82, 2.24) is 0 Å². The van der Waals surface area contributed by atoms with Crippen molar-refractivity contribution in [2.24, 2.45) is 11.7 Å². The van der Waals surface area contributed by atoms with Crippen molar-refractivity contribution >= 4 is 21.7 Å². The van der Waals surface area contributed by atoms with Crippen LogP contribution in [0.4, 0.5) is 0 Å². The minimum atomic E-state index is 0.260. The molecule has 0 bridgehead atoms. The number of hydrogen-bond donors (Lipinski definition) is 1. The van der Waals surface area contributed by atoms with Crippen molar-refractivity contribution in [1.29, 1.82) is 0 Å². The van der Waals surface area contributed by atoms with Crippen molar-refractivity contribution in [2.75, 3.05) is 13.2 Å². The van der Waals surface area contributed by atoms with Crippen LogP contribution in [0.5, 0.6) is 5.75 Å². The summed E-state index contributed by atoms with van der Waals surface area (Å²) < 4.78 is 6.66. The molecule has 0 fully saturated rings. The molecule has 1 aliphatic heterocycles. The Hall–Kier alpha value is -0.870. The average Bonchev–Trinajstić information content (AvgIpc) is 2.84. The van der Waals surface area contributed by atoms with E-state index in [1.807, 2.05) is 6.07 Å². The lowest BCUT2D eigenvalue weighted by molar-refractivity contribution is -0.118. The first-order valence-corrected chi connectivity index (χ1v) is 7.55. The number of hydrogen-bond acceptors (Lipinski definition) is 3. The second kappa shape index (κ2) is 6.53. The Bertz CT molecular complexity index is 473. The zero-order chi connectivity index (χ0) is 13.8. The lowest BCUT2D eigenvalue weighted by Gasteiger charge is -2.10. The van der Waals surface area contributed by atoms with Crippen molar-refractivity contribution in [2.45, 2.75) is 32.6 Å². The number of Topliss-reactive ketones (excluding diaryl/α,β-unsaturated/α-hetero) is 1. The highest BCUT2D eigenvalue weighted by Crippen LogP contribution is 2.33. The normalized spacial score (nSPS) is 14.9. The van der Waals surface area contributed by atoms with E-state index in [9.17, 15) is 4.79 Å². The fraction of sp³-hybridized carbons (Fsp3) is 0.533. The van der Waals surface area contributed by atoms with Crippen molar-refractivity contribution in [3.05, 3.63) is 27.7 Å². The highest BCUT2D eigenvalue weighted by atomic mass is 79.9. The second-order valence-corrected chi connectivity index (χ2v) is 6.16. The van der Waals surface area contributed by atoms with Gasteiger partial charge in [-0.3, -0.25) is 4.79 Å². The molecule has 0 aliphatic carbocycles. The van der Waals surface area contributed by atoms with Gasteiger partial charge in [0.15, 0.2) is 0 Å². The van der Waals surface area contributed by atoms with E-state index in [2.05, 4.69) is 28.9 Å². The summed E-state index contributed by atoms with van der Waals surface area (Å²) in [6.45, 7) is 3.44. The molecule has 1 atom stereocenters. The van der Waals surface area contributed by atoms with Crippen LogP contribution in [0.3, 0.4) is 0 Å². The van der Waals surface area contributed by atoms with Crippen LogP contribution in [0.2, 0.25) is 0 Å². The van der Waals surface area contributed by atoms with E-state index in [0.29, 0.717) is 25.3 Å². The van der Waals surface area contributed by atoms with E-state index in [1.54, 1.807) is 0 Å². The molecule has 0 radical (unpaired) electrons. The molecule has 1 unspecified atom stereocenters. The van der Waals surface area contributed by atoms with E-state index in [0.717, 1.165) is 35.2 Å². The van der Waals surface area contributed by atoms with Gasteiger partial charge in [0.25, 0.3) is 0 Å². The first kappa shape index (κ1) is 14.5. The third-order valence-electron chi connectivity index (χ3n) is 3.53.